The second-order valence-corrected chi connectivity index (χ2v) is 5.55. The lowest BCUT2D eigenvalue weighted by atomic mass is 10.2. The number of aromatic nitrogens is 1. The maximum atomic E-state index is 11.5. The lowest BCUT2D eigenvalue weighted by molar-refractivity contribution is 0.0527. The summed E-state index contributed by atoms with van der Waals surface area (Å²) in [5, 5.41) is 2.76. The van der Waals surface area contributed by atoms with Gasteiger partial charge in [0.1, 0.15) is 11.4 Å². The van der Waals surface area contributed by atoms with Crippen LogP contribution in [0.1, 0.15) is 34.1 Å². The van der Waals surface area contributed by atoms with Crippen molar-refractivity contribution >= 4 is 11.9 Å². The number of nitrogens with one attached hydrogen (secondary N) is 1. The monoisotopic (exact) mass is 279 g/mol. The quantitative estimate of drug-likeness (QED) is 0.814. The van der Waals surface area contributed by atoms with Crippen LogP contribution in [-0.2, 0) is 4.74 Å². The van der Waals surface area contributed by atoms with Gasteiger partial charge in [-0.1, -0.05) is 6.07 Å². The first-order valence-electron chi connectivity index (χ1n) is 7.05. The van der Waals surface area contributed by atoms with Gasteiger partial charge < -0.3 is 15.0 Å². The van der Waals surface area contributed by atoms with E-state index in [1.807, 2.05) is 39.0 Å². The Labute approximate surface area is 121 Å². The molecule has 0 aliphatic heterocycles. The highest BCUT2D eigenvalue weighted by Gasteiger charge is 2.15. The number of alkyl carbamates (subject to hydrolysis) is 1. The summed E-state index contributed by atoms with van der Waals surface area (Å²) in [6.45, 7) is 9.99. The number of ether oxygens (including phenoxy) is 1. The van der Waals surface area contributed by atoms with Gasteiger partial charge in [-0.05, 0) is 46.2 Å². The van der Waals surface area contributed by atoms with E-state index in [1.165, 1.54) is 0 Å². The Morgan fingerprint density at radius 2 is 2.15 bits per heavy atom. The molecule has 1 heterocycles. The molecule has 5 heteroatoms. The summed E-state index contributed by atoms with van der Waals surface area (Å²) in [5.74, 6) is 0.965. The second-order valence-electron chi connectivity index (χ2n) is 5.55. The number of amides is 1. The SMILES string of the molecule is CCN(CCCNC(=O)OC(C)(C)C)c1ccccn1. The van der Waals surface area contributed by atoms with E-state index in [9.17, 15) is 4.79 Å². The Bertz CT molecular complexity index is 401. The van der Waals surface area contributed by atoms with E-state index in [0.29, 0.717) is 6.54 Å². The minimum absolute atomic E-state index is 0.363. The molecule has 20 heavy (non-hydrogen) atoms. The number of carbonyl (C=O) groups is 1. The largest absolute Gasteiger partial charge is 0.444 e. The number of hydrogen-bond donors (Lipinski definition) is 1. The zero-order valence-corrected chi connectivity index (χ0v) is 12.8. The highest BCUT2D eigenvalue weighted by molar-refractivity contribution is 5.67. The fraction of sp³-hybridized carbons (Fsp3) is 0.600. The molecule has 0 unspecified atom stereocenters. The average Bonchev–Trinajstić information content (AvgIpc) is 2.38. The van der Waals surface area contributed by atoms with E-state index in [2.05, 4.69) is 22.1 Å². The van der Waals surface area contributed by atoms with E-state index in [4.69, 9.17) is 4.74 Å². The van der Waals surface area contributed by atoms with E-state index in [-0.39, 0.29) is 6.09 Å². The van der Waals surface area contributed by atoms with Crippen molar-refractivity contribution in [2.45, 2.75) is 39.7 Å². The maximum absolute atomic E-state index is 11.5. The number of anilines is 1. The standard InChI is InChI=1S/C15H25N3O2/c1-5-18(13-9-6-7-10-16-13)12-8-11-17-14(19)20-15(2,3)4/h6-7,9-10H,5,8,11-12H2,1-4H3,(H,17,19). The Kier molecular flexibility index (Phi) is 6.28. The Morgan fingerprint density at radius 1 is 1.40 bits per heavy atom. The van der Waals surface area contributed by atoms with Crippen molar-refractivity contribution in [1.29, 1.82) is 0 Å². The van der Waals surface area contributed by atoms with E-state index < -0.39 is 5.60 Å². The second kappa shape index (κ2) is 7.72. The normalized spacial score (nSPS) is 11.0. The van der Waals surface area contributed by atoms with Gasteiger partial charge in [0.05, 0.1) is 0 Å². The summed E-state index contributed by atoms with van der Waals surface area (Å²) < 4.78 is 5.18. The summed E-state index contributed by atoms with van der Waals surface area (Å²) in [6.07, 6.45) is 2.28. The first kappa shape index (κ1) is 16.3. The molecule has 0 atom stereocenters. The van der Waals surface area contributed by atoms with Crippen LogP contribution in [0.25, 0.3) is 0 Å². The summed E-state index contributed by atoms with van der Waals surface area (Å²) in [7, 11) is 0. The minimum Gasteiger partial charge on any atom is -0.444 e. The van der Waals surface area contributed by atoms with Crippen LogP contribution in [0.15, 0.2) is 24.4 Å². The van der Waals surface area contributed by atoms with Crippen molar-refractivity contribution in [3.8, 4) is 0 Å². The molecule has 5 nitrogen and oxygen atoms in total. The zero-order chi connectivity index (χ0) is 15.0. The Hall–Kier alpha value is -1.78. The average molecular weight is 279 g/mol. The van der Waals surface area contributed by atoms with Gasteiger partial charge in [0.15, 0.2) is 0 Å². The minimum atomic E-state index is -0.451. The Morgan fingerprint density at radius 3 is 2.70 bits per heavy atom. The van der Waals surface area contributed by atoms with Crippen molar-refractivity contribution in [2.75, 3.05) is 24.5 Å². The third-order valence-electron chi connectivity index (χ3n) is 2.63. The fourth-order valence-corrected chi connectivity index (χ4v) is 1.75. The number of pyridine rings is 1. The molecule has 1 aromatic heterocycles. The molecule has 0 aliphatic rings. The van der Waals surface area contributed by atoms with Crippen molar-refractivity contribution in [1.82, 2.24) is 10.3 Å². The smallest absolute Gasteiger partial charge is 0.407 e. The first-order valence-corrected chi connectivity index (χ1v) is 7.05. The highest BCUT2D eigenvalue weighted by atomic mass is 16.6. The molecular weight excluding hydrogens is 254 g/mol. The Balaban J connectivity index is 2.28. The molecule has 1 rings (SSSR count). The summed E-state index contributed by atoms with van der Waals surface area (Å²) in [4.78, 5) is 18.0. The molecule has 1 N–H and O–H groups in total. The molecule has 1 amide bonds. The first-order chi connectivity index (χ1) is 9.42. The molecule has 0 fully saturated rings. The number of rotatable bonds is 6. The molecule has 1 aromatic rings. The van der Waals surface area contributed by atoms with Crippen LogP contribution >= 0.6 is 0 Å². The summed E-state index contributed by atoms with van der Waals surface area (Å²) in [5.41, 5.74) is -0.451. The van der Waals surface area contributed by atoms with Crippen LogP contribution in [0.5, 0.6) is 0 Å². The van der Waals surface area contributed by atoms with Crippen molar-refractivity contribution in [2.24, 2.45) is 0 Å². The van der Waals surface area contributed by atoms with Crippen molar-refractivity contribution in [3.05, 3.63) is 24.4 Å². The molecule has 0 aromatic carbocycles. The number of carbonyl (C=O) groups excluding carboxylic acids is 1. The molecular formula is C15H25N3O2. The molecule has 112 valence electrons. The van der Waals surface area contributed by atoms with Gasteiger partial charge in [-0.3, -0.25) is 0 Å². The molecule has 0 spiro atoms. The zero-order valence-electron chi connectivity index (χ0n) is 12.8. The van der Waals surface area contributed by atoms with Crippen LogP contribution in [-0.4, -0.2) is 36.3 Å². The van der Waals surface area contributed by atoms with Crippen molar-refractivity contribution < 1.29 is 9.53 Å². The topological polar surface area (TPSA) is 54.5 Å². The van der Waals surface area contributed by atoms with Gasteiger partial charge in [0.2, 0.25) is 0 Å². The lowest BCUT2D eigenvalue weighted by Crippen LogP contribution is -2.34. The van der Waals surface area contributed by atoms with Crippen LogP contribution in [0.2, 0.25) is 0 Å². The molecule has 0 saturated carbocycles. The van der Waals surface area contributed by atoms with Gasteiger partial charge in [-0.15, -0.1) is 0 Å². The van der Waals surface area contributed by atoms with Gasteiger partial charge in [0.25, 0.3) is 0 Å². The van der Waals surface area contributed by atoms with E-state index in [1.54, 1.807) is 6.20 Å². The lowest BCUT2D eigenvalue weighted by Gasteiger charge is -2.22. The summed E-state index contributed by atoms with van der Waals surface area (Å²) in [6, 6.07) is 5.87. The van der Waals surface area contributed by atoms with Crippen molar-refractivity contribution in [3.63, 3.8) is 0 Å². The van der Waals surface area contributed by atoms with Crippen LogP contribution < -0.4 is 10.2 Å². The number of hydrogen-bond acceptors (Lipinski definition) is 4. The van der Waals surface area contributed by atoms with Gasteiger partial charge >= 0.3 is 6.09 Å². The number of nitrogens with zero attached hydrogens (tertiary/aromatic N) is 2. The fourth-order valence-electron chi connectivity index (χ4n) is 1.75. The van der Waals surface area contributed by atoms with Gasteiger partial charge in [0, 0.05) is 25.8 Å². The predicted octanol–water partition coefficient (Wildman–Crippen LogP) is 2.82. The van der Waals surface area contributed by atoms with Crippen LogP contribution in [0, 0.1) is 0 Å². The third-order valence-corrected chi connectivity index (χ3v) is 2.63. The van der Waals surface area contributed by atoms with Crippen LogP contribution in [0.4, 0.5) is 10.6 Å². The molecule has 0 aliphatic carbocycles. The highest BCUT2D eigenvalue weighted by Crippen LogP contribution is 2.09. The van der Waals surface area contributed by atoms with E-state index in [0.717, 1.165) is 25.3 Å². The van der Waals surface area contributed by atoms with Gasteiger partial charge in [-0.2, -0.15) is 0 Å². The predicted molar refractivity (Wildman–Crippen MR) is 81.0 cm³/mol. The van der Waals surface area contributed by atoms with E-state index >= 15 is 0 Å². The molecule has 0 radical (unpaired) electrons. The van der Waals surface area contributed by atoms with Gasteiger partial charge in [-0.25, -0.2) is 9.78 Å². The van der Waals surface area contributed by atoms with Crippen LogP contribution in [0.3, 0.4) is 0 Å². The third kappa shape index (κ3) is 6.41. The summed E-state index contributed by atoms with van der Waals surface area (Å²) >= 11 is 0. The molecule has 0 saturated heterocycles. The molecule has 0 bridgehead atoms. The maximum Gasteiger partial charge on any atom is 0.407 e.